The number of rotatable bonds is 4. The van der Waals surface area contributed by atoms with Gasteiger partial charge in [0.05, 0.1) is 17.1 Å². The van der Waals surface area contributed by atoms with Gasteiger partial charge in [-0.2, -0.15) is 0 Å². The molecule has 92 valence electrons. The quantitative estimate of drug-likeness (QED) is 0.857. The van der Waals surface area contributed by atoms with Crippen LogP contribution in [-0.2, 0) is 4.79 Å². The highest BCUT2D eigenvalue weighted by Crippen LogP contribution is 2.20. The highest BCUT2D eigenvalue weighted by atomic mass is 35.5. The predicted octanol–water partition coefficient (Wildman–Crippen LogP) is 1.54. The van der Waals surface area contributed by atoms with E-state index in [1.807, 2.05) is 0 Å². The second-order valence-corrected chi connectivity index (χ2v) is 4.19. The third kappa shape index (κ3) is 4.05. The van der Waals surface area contributed by atoms with E-state index in [4.69, 9.17) is 16.7 Å². The predicted molar refractivity (Wildman–Crippen MR) is 65.6 cm³/mol. The molecule has 17 heavy (non-hydrogen) atoms. The zero-order valence-electron chi connectivity index (χ0n) is 9.53. The average molecular weight is 257 g/mol. The Balaban J connectivity index is 2.82. The van der Waals surface area contributed by atoms with E-state index in [0.717, 1.165) is 0 Å². The standard InChI is InChI=1S/C11H13ClN2O3/c1-14(2)6-10(15)13-7-3-4-9(12)8(5-7)11(16)17/h3-5H,6H2,1-2H3,(H,13,15)(H,16,17). The molecule has 0 radical (unpaired) electrons. The molecule has 0 aliphatic heterocycles. The van der Waals surface area contributed by atoms with Crippen LogP contribution in [0.25, 0.3) is 0 Å². The Bertz CT molecular complexity index is 446. The Morgan fingerprint density at radius 2 is 2.06 bits per heavy atom. The van der Waals surface area contributed by atoms with Crippen LogP contribution in [0, 0.1) is 0 Å². The molecule has 0 unspecified atom stereocenters. The molecule has 2 N–H and O–H groups in total. The molecule has 1 amide bonds. The topological polar surface area (TPSA) is 69.6 Å². The Hall–Kier alpha value is -1.59. The molecule has 0 aliphatic carbocycles. The number of likely N-dealkylation sites (N-methyl/N-ethyl adjacent to an activating group) is 1. The van der Waals surface area contributed by atoms with Crippen LogP contribution in [0.1, 0.15) is 10.4 Å². The van der Waals surface area contributed by atoms with Crippen molar-refractivity contribution in [3.05, 3.63) is 28.8 Å². The molecule has 1 aromatic carbocycles. The Kier molecular flexibility index (Phi) is 4.48. The fraction of sp³-hybridized carbons (Fsp3) is 0.273. The highest BCUT2D eigenvalue weighted by molar-refractivity contribution is 6.33. The van der Waals surface area contributed by atoms with E-state index >= 15 is 0 Å². The molecular weight excluding hydrogens is 244 g/mol. The van der Waals surface area contributed by atoms with Gasteiger partial charge in [0.1, 0.15) is 0 Å². The van der Waals surface area contributed by atoms with Gasteiger partial charge in [0.25, 0.3) is 0 Å². The third-order valence-corrected chi connectivity index (χ3v) is 2.27. The molecule has 5 nitrogen and oxygen atoms in total. The van der Waals surface area contributed by atoms with Crippen molar-refractivity contribution in [3.63, 3.8) is 0 Å². The summed E-state index contributed by atoms with van der Waals surface area (Å²) in [5.41, 5.74) is 0.382. The molecule has 1 aromatic rings. The van der Waals surface area contributed by atoms with Crippen molar-refractivity contribution in [3.8, 4) is 0 Å². The lowest BCUT2D eigenvalue weighted by Crippen LogP contribution is -2.27. The second kappa shape index (κ2) is 5.65. The fourth-order valence-electron chi connectivity index (χ4n) is 1.25. The number of halogens is 1. The van der Waals surface area contributed by atoms with Gasteiger partial charge in [-0.1, -0.05) is 11.6 Å². The summed E-state index contributed by atoms with van der Waals surface area (Å²) in [4.78, 5) is 24.0. The zero-order chi connectivity index (χ0) is 13.0. The van der Waals surface area contributed by atoms with Gasteiger partial charge >= 0.3 is 5.97 Å². The number of carbonyl (C=O) groups is 2. The summed E-state index contributed by atoms with van der Waals surface area (Å²) in [6.07, 6.45) is 0. The first-order valence-corrected chi connectivity index (χ1v) is 5.25. The van der Waals surface area contributed by atoms with Crippen LogP contribution < -0.4 is 5.32 Å². The lowest BCUT2D eigenvalue weighted by Gasteiger charge is -2.10. The first kappa shape index (κ1) is 13.5. The number of carbonyl (C=O) groups excluding carboxylic acids is 1. The highest BCUT2D eigenvalue weighted by Gasteiger charge is 2.11. The van der Waals surface area contributed by atoms with Crippen molar-refractivity contribution in [1.82, 2.24) is 4.90 Å². The van der Waals surface area contributed by atoms with Gasteiger partial charge < -0.3 is 15.3 Å². The van der Waals surface area contributed by atoms with E-state index < -0.39 is 5.97 Å². The van der Waals surface area contributed by atoms with Crippen LogP contribution in [0.2, 0.25) is 5.02 Å². The summed E-state index contributed by atoms with van der Waals surface area (Å²) in [5, 5.41) is 11.6. The van der Waals surface area contributed by atoms with Crippen LogP contribution in [-0.4, -0.2) is 42.5 Å². The van der Waals surface area contributed by atoms with Crippen molar-refractivity contribution in [1.29, 1.82) is 0 Å². The maximum absolute atomic E-state index is 11.5. The normalized spacial score (nSPS) is 10.4. The SMILES string of the molecule is CN(C)CC(=O)Nc1ccc(Cl)c(C(=O)O)c1. The minimum atomic E-state index is -1.13. The number of carboxylic acids is 1. The fourth-order valence-corrected chi connectivity index (χ4v) is 1.45. The summed E-state index contributed by atoms with van der Waals surface area (Å²) in [6.45, 7) is 0.227. The number of carboxylic acid groups (broad SMARTS) is 1. The van der Waals surface area contributed by atoms with Gasteiger partial charge in [0, 0.05) is 5.69 Å². The number of hydrogen-bond donors (Lipinski definition) is 2. The van der Waals surface area contributed by atoms with Crippen LogP contribution in [0.4, 0.5) is 5.69 Å². The molecule has 0 heterocycles. The summed E-state index contributed by atoms with van der Waals surface area (Å²) in [7, 11) is 3.54. The molecule has 0 saturated heterocycles. The molecule has 0 aliphatic rings. The lowest BCUT2D eigenvalue weighted by atomic mass is 10.2. The first-order chi connectivity index (χ1) is 7.90. The first-order valence-electron chi connectivity index (χ1n) is 4.87. The van der Waals surface area contributed by atoms with Gasteiger partial charge in [0.2, 0.25) is 5.91 Å². The molecule has 0 atom stereocenters. The van der Waals surface area contributed by atoms with E-state index in [2.05, 4.69) is 5.32 Å². The largest absolute Gasteiger partial charge is 0.478 e. The van der Waals surface area contributed by atoms with Gasteiger partial charge in [-0.15, -0.1) is 0 Å². The molecule has 0 spiro atoms. The van der Waals surface area contributed by atoms with Crippen LogP contribution in [0.5, 0.6) is 0 Å². The molecule has 0 bridgehead atoms. The summed E-state index contributed by atoms with van der Waals surface area (Å²) in [6, 6.07) is 4.33. The number of benzene rings is 1. The van der Waals surface area contributed by atoms with Crippen molar-refractivity contribution < 1.29 is 14.7 Å². The molecular formula is C11H13ClN2O3. The maximum Gasteiger partial charge on any atom is 0.337 e. The lowest BCUT2D eigenvalue weighted by molar-refractivity contribution is -0.116. The minimum Gasteiger partial charge on any atom is -0.478 e. The number of amides is 1. The summed E-state index contributed by atoms with van der Waals surface area (Å²) >= 11 is 5.71. The number of anilines is 1. The Morgan fingerprint density at radius 3 is 2.59 bits per heavy atom. The van der Waals surface area contributed by atoms with Crippen molar-refractivity contribution in [2.45, 2.75) is 0 Å². The summed E-state index contributed by atoms with van der Waals surface area (Å²) in [5.74, 6) is -1.34. The maximum atomic E-state index is 11.5. The van der Waals surface area contributed by atoms with Gasteiger partial charge in [-0.3, -0.25) is 4.79 Å². The van der Waals surface area contributed by atoms with E-state index in [-0.39, 0.29) is 23.0 Å². The molecule has 6 heteroatoms. The average Bonchev–Trinajstić information content (AvgIpc) is 2.19. The van der Waals surface area contributed by atoms with Crippen molar-refractivity contribution in [2.75, 3.05) is 26.0 Å². The number of aromatic carboxylic acids is 1. The van der Waals surface area contributed by atoms with Crippen molar-refractivity contribution in [2.24, 2.45) is 0 Å². The number of nitrogens with zero attached hydrogens (tertiary/aromatic N) is 1. The number of nitrogens with one attached hydrogen (secondary N) is 1. The van der Waals surface area contributed by atoms with Gasteiger partial charge in [0.15, 0.2) is 0 Å². The van der Waals surface area contributed by atoms with E-state index in [0.29, 0.717) is 5.69 Å². The molecule has 0 saturated carbocycles. The van der Waals surface area contributed by atoms with Gasteiger partial charge in [-0.25, -0.2) is 4.79 Å². The summed E-state index contributed by atoms with van der Waals surface area (Å²) < 4.78 is 0. The van der Waals surface area contributed by atoms with Crippen LogP contribution >= 0.6 is 11.6 Å². The van der Waals surface area contributed by atoms with E-state index in [1.165, 1.54) is 12.1 Å². The van der Waals surface area contributed by atoms with Crippen LogP contribution in [0.3, 0.4) is 0 Å². The van der Waals surface area contributed by atoms with E-state index in [1.54, 1.807) is 25.1 Å². The van der Waals surface area contributed by atoms with Gasteiger partial charge in [-0.05, 0) is 32.3 Å². The third-order valence-electron chi connectivity index (χ3n) is 1.94. The van der Waals surface area contributed by atoms with Crippen LogP contribution in [0.15, 0.2) is 18.2 Å². The second-order valence-electron chi connectivity index (χ2n) is 3.79. The molecule has 1 rings (SSSR count). The Morgan fingerprint density at radius 1 is 1.41 bits per heavy atom. The monoisotopic (exact) mass is 256 g/mol. The molecule has 0 aromatic heterocycles. The number of hydrogen-bond acceptors (Lipinski definition) is 3. The Labute approximate surface area is 104 Å². The minimum absolute atomic E-state index is 0.0330. The molecule has 0 fully saturated rings. The zero-order valence-corrected chi connectivity index (χ0v) is 10.3. The smallest absolute Gasteiger partial charge is 0.337 e. The van der Waals surface area contributed by atoms with Crippen molar-refractivity contribution >= 4 is 29.2 Å². The van der Waals surface area contributed by atoms with E-state index in [9.17, 15) is 9.59 Å².